The van der Waals surface area contributed by atoms with Crippen LogP contribution in [0, 0.1) is 0 Å². The lowest BCUT2D eigenvalue weighted by Crippen LogP contribution is -2.27. The van der Waals surface area contributed by atoms with Crippen molar-refractivity contribution >= 4 is 29.7 Å². The molecular weight excluding hydrogens is 212 g/mol. The Morgan fingerprint density at radius 2 is 2.31 bits per heavy atom. The quantitative estimate of drug-likeness (QED) is 0.837. The van der Waals surface area contributed by atoms with Crippen LogP contribution < -0.4 is 0 Å². The number of hydrogen-bond donors (Lipinski definition) is 1. The summed E-state index contributed by atoms with van der Waals surface area (Å²) in [7, 11) is 3.44. The second-order valence-electron chi connectivity index (χ2n) is 2.62. The van der Waals surface area contributed by atoms with Gasteiger partial charge >= 0.3 is 5.97 Å². The minimum absolute atomic E-state index is 0. The average Bonchev–Trinajstić information content (AvgIpc) is 2.37. The molecule has 0 amide bonds. The highest BCUT2D eigenvalue weighted by atomic mass is 35.5. The van der Waals surface area contributed by atoms with Crippen LogP contribution in [-0.4, -0.2) is 35.1 Å². The summed E-state index contributed by atoms with van der Waals surface area (Å²) in [5, 5.41) is 10.6. The molecule has 13 heavy (non-hydrogen) atoms. The summed E-state index contributed by atoms with van der Waals surface area (Å²) in [5.74, 6) is -0.870. The van der Waals surface area contributed by atoms with E-state index in [4.69, 9.17) is 5.11 Å². The third-order valence-corrected chi connectivity index (χ3v) is 2.09. The Labute approximate surface area is 86.6 Å². The van der Waals surface area contributed by atoms with Gasteiger partial charge in [0.05, 0.1) is 11.2 Å². The minimum atomic E-state index is -0.870. The molecule has 1 atom stereocenters. The molecule has 1 N–H and O–H groups in total. The van der Waals surface area contributed by atoms with Crippen molar-refractivity contribution in [1.29, 1.82) is 0 Å². The normalized spacial score (nSPS) is 12.2. The minimum Gasteiger partial charge on any atom is -0.480 e. The van der Waals surface area contributed by atoms with Crippen LogP contribution >= 0.6 is 23.7 Å². The SMILES string of the molecule is CN(C)C(C(=O)O)c1cscn1.Cl. The fraction of sp³-hybridized carbons (Fsp3) is 0.429. The van der Waals surface area contributed by atoms with Crippen molar-refractivity contribution in [2.24, 2.45) is 0 Å². The van der Waals surface area contributed by atoms with Gasteiger partial charge in [0, 0.05) is 5.38 Å². The average molecular weight is 223 g/mol. The summed E-state index contributed by atoms with van der Waals surface area (Å²) in [4.78, 5) is 16.3. The Balaban J connectivity index is 0.00000144. The predicted octanol–water partition coefficient (Wildman–Crippen LogP) is 1.25. The van der Waals surface area contributed by atoms with Gasteiger partial charge in [0.25, 0.3) is 0 Å². The van der Waals surface area contributed by atoms with E-state index in [0.29, 0.717) is 5.69 Å². The van der Waals surface area contributed by atoms with E-state index >= 15 is 0 Å². The van der Waals surface area contributed by atoms with Gasteiger partial charge in [-0.05, 0) is 14.1 Å². The van der Waals surface area contributed by atoms with Crippen LogP contribution in [0.3, 0.4) is 0 Å². The van der Waals surface area contributed by atoms with Crippen LogP contribution in [0.1, 0.15) is 11.7 Å². The van der Waals surface area contributed by atoms with Crippen LogP contribution in [0.15, 0.2) is 10.9 Å². The van der Waals surface area contributed by atoms with Crippen LogP contribution in [0.5, 0.6) is 0 Å². The van der Waals surface area contributed by atoms with Crippen molar-refractivity contribution in [2.75, 3.05) is 14.1 Å². The maximum atomic E-state index is 10.8. The zero-order valence-corrected chi connectivity index (χ0v) is 8.93. The first-order valence-electron chi connectivity index (χ1n) is 3.40. The zero-order chi connectivity index (χ0) is 9.14. The number of nitrogens with zero attached hydrogens (tertiary/aromatic N) is 2. The Morgan fingerprint density at radius 3 is 2.62 bits per heavy atom. The number of halogens is 1. The number of carboxylic acid groups (broad SMARTS) is 1. The maximum absolute atomic E-state index is 10.8. The molecule has 1 aromatic heterocycles. The second-order valence-corrected chi connectivity index (χ2v) is 3.34. The van der Waals surface area contributed by atoms with Crippen LogP contribution in [-0.2, 0) is 4.79 Å². The summed E-state index contributed by atoms with van der Waals surface area (Å²) in [5.41, 5.74) is 2.23. The molecule has 0 saturated heterocycles. The van der Waals surface area contributed by atoms with Gasteiger partial charge in [-0.2, -0.15) is 0 Å². The molecule has 0 aliphatic rings. The predicted molar refractivity (Wildman–Crippen MR) is 53.4 cm³/mol. The van der Waals surface area contributed by atoms with Gasteiger partial charge in [-0.1, -0.05) is 0 Å². The van der Waals surface area contributed by atoms with Crippen molar-refractivity contribution in [2.45, 2.75) is 6.04 Å². The van der Waals surface area contributed by atoms with E-state index in [9.17, 15) is 4.79 Å². The van der Waals surface area contributed by atoms with Gasteiger partial charge in [0.2, 0.25) is 0 Å². The zero-order valence-electron chi connectivity index (χ0n) is 7.30. The standard InChI is InChI=1S/C7H10N2O2S.ClH/c1-9(2)6(7(10)11)5-3-12-4-8-5;/h3-4,6H,1-2H3,(H,10,11);1H. The van der Waals surface area contributed by atoms with Crippen molar-refractivity contribution in [3.8, 4) is 0 Å². The molecule has 0 radical (unpaired) electrons. The van der Waals surface area contributed by atoms with Crippen molar-refractivity contribution < 1.29 is 9.90 Å². The molecule has 0 aliphatic heterocycles. The monoisotopic (exact) mass is 222 g/mol. The molecule has 4 nitrogen and oxygen atoms in total. The van der Waals surface area contributed by atoms with Crippen LogP contribution in [0.2, 0.25) is 0 Å². The molecule has 1 unspecified atom stereocenters. The first-order valence-corrected chi connectivity index (χ1v) is 4.34. The number of aromatic nitrogens is 1. The van der Waals surface area contributed by atoms with Gasteiger partial charge in [-0.15, -0.1) is 23.7 Å². The number of aliphatic carboxylic acids is 1. The van der Waals surface area contributed by atoms with Crippen LogP contribution in [0.25, 0.3) is 0 Å². The molecule has 74 valence electrons. The lowest BCUT2D eigenvalue weighted by atomic mass is 10.2. The van der Waals surface area contributed by atoms with Gasteiger partial charge < -0.3 is 5.11 Å². The van der Waals surface area contributed by atoms with E-state index in [2.05, 4.69) is 4.98 Å². The Morgan fingerprint density at radius 1 is 1.69 bits per heavy atom. The smallest absolute Gasteiger partial charge is 0.327 e. The number of thiazole rings is 1. The van der Waals surface area contributed by atoms with Gasteiger partial charge in [0.1, 0.15) is 0 Å². The lowest BCUT2D eigenvalue weighted by Gasteiger charge is -2.17. The van der Waals surface area contributed by atoms with E-state index in [-0.39, 0.29) is 12.4 Å². The second kappa shape index (κ2) is 5.16. The molecule has 0 spiro atoms. The van der Waals surface area contributed by atoms with E-state index in [1.165, 1.54) is 11.3 Å². The highest BCUT2D eigenvalue weighted by Gasteiger charge is 2.23. The van der Waals surface area contributed by atoms with Crippen LogP contribution in [0.4, 0.5) is 0 Å². The van der Waals surface area contributed by atoms with Crippen molar-refractivity contribution in [3.05, 3.63) is 16.6 Å². The Kier molecular flexibility index (Phi) is 4.90. The van der Waals surface area contributed by atoms with Crippen molar-refractivity contribution in [3.63, 3.8) is 0 Å². The topological polar surface area (TPSA) is 53.4 Å². The Bertz CT molecular complexity index is 263. The molecule has 0 aromatic carbocycles. The molecule has 6 heteroatoms. The van der Waals surface area contributed by atoms with Gasteiger partial charge in [-0.25, -0.2) is 4.98 Å². The first-order chi connectivity index (χ1) is 5.63. The van der Waals surface area contributed by atoms with Gasteiger partial charge in [0.15, 0.2) is 6.04 Å². The highest BCUT2D eigenvalue weighted by molar-refractivity contribution is 7.07. The van der Waals surface area contributed by atoms with E-state index in [1.807, 2.05) is 0 Å². The van der Waals surface area contributed by atoms with E-state index < -0.39 is 12.0 Å². The molecule has 1 rings (SSSR count). The summed E-state index contributed by atoms with van der Waals surface area (Å²) in [6.45, 7) is 0. The Hall–Kier alpha value is -0.650. The third kappa shape index (κ3) is 2.95. The molecule has 1 heterocycles. The molecule has 0 aliphatic carbocycles. The number of hydrogen-bond acceptors (Lipinski definition) is 4. The van der Waals surface area contributed by atoms with E-state index in [1.54, 1.807) is 29.9 Å². The highest BCUT2D eigenvalue weighted by Crippen LogP contribution is 2.17. The number of carbonyl (C=O) groups is 1. The van der Waals surface area contributed by atoms with Gasteiger partial charge in [-0.3, -0.25) is 9.69 Å². The summed E-state index contributed by atoms with van der Waals surface area (Å²) >= 11 is 1.40. The largest absolute Gasteiger partial charge is 0.480 e. The van der Waals surface area contributed by atoms with E-state index in [0.717, 1.165) is 0 Å². The molecule has 1 aromatic rings. The number of carboxylic acids is 1. The third-order valence-electron chi connectivity index (χ3n) is 1.48. The summed E-state index contributed by atoms with van der Waals surface area (Å²) in [6, 6.07) is -0.628. The summed E-state index contributed by atoms with van der Waals surface area (Å²) < 4.78 is 0. The molecule has 0 fully saturated rings. The maximum Gasteiger partial charge on any atom is 0.327 e. The van der Waals surface area contributed by atoms with Crippen molar-refractivity contribution in [1.82, 2.24) is 9.88 Å². The number of likely N-dealkylation sites (N-methyl/N-ethyl adjacent to an activating group) is 1. The fourth-order valence-corrected chi connectivity index (χ4v) is 1.54. The lowest BCUT2D eigenvalue weighted by molar-refractivity contribution is -0.142. The molecule has 0 bridgehead atoms. The first kappa shape index (κ1) is 12.3. The molecular formula is C7H11ClN2O2S. The number of rotatable bonds is 3. The fourth-order valence-electron chi connectivity index (χ4n) is 0.969. The molecule has 0 saturated carbocycles. The summed E-state index contributed by atoms with van der Waals surface area (Å²) in [6.07, 6.45) is 0.